The number of likely N-dealkylation sites (N-methyl/N-ethyl adjacent to an activating group) is 1. The van der Waals surface area contributed by atoms with Crippen molar-refractivity contribution in [1.82, 2.24) is 5.32 Å². The molecule has 0 heterocycles. The second kappa shape index (κ2) is 7.98. The van der Waals surface area contributed by atoms with Crippen molar-refractivity contribution in [3.8, 4) is 0 Å². The van der Waals surface area contributed by atoms with Crippen LogP contribution in [0, 0.1) is 5.82 Å². The largest absolute Gasteiger partial charge is 0.344 e. The lowest BCUT2D eigenvalue weighted by Gasteiger charge is -2.26. The first kappa shape index (κ1) is 17.9. The standard InChI is InChI=1S/C20H22ClFN2O/c1-24(12-16-17(21)9-5-10-18(16)22)13-20(25)23-19-11-4-7-14-6-2-3-8-15(14)19/h2-3,5-6,8-10,19H,4,7,11-13H2,1H3,(H,23,25)/p+1/t19-/m0/s1. The molecule has 0 bridgehead atoms. The smallest absolute Gasteiger partial charge is 0.275 e. The third-order valence-electron chi connectivity index (χ3n) is 4.71. The summed E-state index contributed by atoms with van der Waals surface area (Å²) in [5.41, 5.74) is 2.99. The zero-order valence-electron chi connectivity index (χ0n) is 14.3. The van der Waals surface area contributed by atoms with Gasteiger partial charge in [0, 0.05) is 0 Å². The predicted molar refractivity (Wildman–Crippen MR) is 97.1 cm³/mol. The van der Waals surface area contributed by atoms with Crippen LogP contribution < -0.4 is 10.2 Å². The molecule has 1 aliphatic rings. The molecule has 0 saturated heterocycles. The van der Waals surface area contributed by atoms with Crippen LogP contribution in [0.2, 0.25) is 5.02 Å². The second-order valence-corrected chi connectivity index (χ2v) is 7.13. The number of carbonyl (C=O) groups is 1. The third-order valence-corrected chi connectivity index (χ3v) is 5.06. The Labute approximate surface area is 152 Å². The van der Waals surface area contributed by atoms with E-state index < -0.39 is 0 Å². The zero-order valence-corrected chi connectivity index (χ0v) is 15.1. The first-order chi connectivity index (χ1) is 12.0. The van der Waals surface area contributed by atoms with Gasteiger partial charge in [0.1, 0.15) is 12.4 Å². The van der Waals surface area contributed by atoms with Gasteiger partial charge >= 0.3 is 0 Å². The van der Waals surface area contributed by atoms with Gasteiger partial charge in [-0.05, 0) is 42.5 Å². The Morgan fingerprint density at radius 1 is 1.28 bits per heavy atom. The molecule has 0 fully saturated rings. The summed E-state index contributed by atoms with van der Waals surface area (Å²) >= 11 is 6.07. The van der Waals surface area contributed by atoms with Crippen LogP contribution in [0.5, 0.6) is 0 Å². The molecular weight excluding hydrogens is 339 g/mol. The highest BCUT2D eigenvalue weighted by Crippen LogP contribution is 2.29. The average Bonchev–Trinajstić information content (AvgIpc) is 2.58. The van der Waals surface area contributed by atoms with Crippen LogP contribution in [0.15, 0.2) is 42.5 Å². The van der Waals surface area contributed by atoms with Gasteiger partial charge in [0.2, 0.25) is 0 Å². The molecule has 2 aromatic rings. The van der Waals surface area contributed by atoms with Crippen molar-refractivity contribution in [2.45, 2.75) is 31.8 Å². The molecule has 0 saturated carbocycles. The topological polar surface area (TPSA) is 33.5 Å². The van der Waals surface area contributed by atoms with Crippen LogP contribution in [-0.2, 0) is 17.8 Å². The molecule has 1 amide bonds. The number of hydrogen-bond donors (Lipinski definition) is 2. The van der Waals surface area contributed by atoms with Gasteiger partial charge in [-0.15, -0.1) is 0 Å². The fraction of sp³-hybridized carbons (Fsp3) is 0.350. The molecule has 3 rings (SSSR count). The minimum atomic E-state index is -0.325. The molecule has 3 nitrogen and oxygen atoms in total. The van der Waals surface area contributed by atoms with E-state index in [4.69, 9.17) is 11.6 Å². The highest BCUT2D eigenvalue weighted by molar-refractivity contribution is 6.31. The van der Waals surface area contributed by atoms with E-state index in [0.717, 1.165) is 24.2 Å². The second-order valence-electron chi connectivity index (χ2n) is 6.72. The molecule has 0 aromatic heterocycles. The Balaban J connectivity index is 1.60. The predicted octanol–water partition coefficient (Wildman–Crippen LogP) is 2.69. The molecule has 132 valence electrons. The van der Waals surface area contributed by atoms with E-state index in [-0.39, 0.29) is 24.3 Å². The normalized spacial score (nSPS) is 17.6. The van der Waals surface area contributed by atoms with E-state index in [1.54, 1.807) is 12.1 Å². The van der Waals surface area contributed by atoms with Crippen molar-refractivity contribution in [3.05, 3.63) is 70.0 Å². The van der Waals surface area contributed by atoms with Gasteiger partial charge in [0.05, 0.1) is 23.7 Å². The molecule has 2 atom stereocenters. The van der Waals surface area contributed by atoms with Crippen molar-refractivity contribution >= 4 is 17.5 Å². The van der Waals surface area contributed by atoms with Gasteiger partial charge in [-0.25, -0.2) is 4.39 Å². The summed E-state index contributed by atoms with van der Waals surface area (Å²) in [4.78, 5) is 13.3. The molecule has 1 unspecified atom stereocenters. The molecule has 0 aliphatic heterocycles. The molecule has 5 heteroatoms. The first-order valence-electron chi connectivity index (χ1n) is 8.66. The zero-order chi connectivity index (χ0) is 17.8. The monoisotopic (exact) mass is 361 g/mol. The maximum Gasteiger partial charge on any atom is 0.275 e. The minimum absolute atomic E-state index is 0.0216. The minimum Gasteiger partial charge on any atom is -0.344 e. The van der Waals surface area contributed by atoms with Crippen molar-refractivity contribution < 1.29 is 14.1 Å². The summed E-state index contributed by atoms with van der Waals surface area (Å²) in [6.07, 6.45) is 3.11. The molecule has 2 N–H and O–H groups in total. The lowest BCUT2D eigenvalue weighted by atomic mass is 9.88. The van der Waals surface area contributed by atoms with Crippen LogP contribution in [0.25, 0.3) is 0 Å². The van der Waals surface area contributed by atoms with Gasteiger partial charge in [-0.1, -0.05) is 41.9 Å². The fourth-order valence-electron chi connectivity index (χ4n) is 3.49. The van der Waals surface area contributed by atoms with E-state index >= 15 is 0 Å². The Kier molecular flexibility index (Phi) is 5.71. The van der Waals surface area contributed by atoms with E-state index in [2.05, 4.69) is 17.4 Å². The molecule has 2 aromatic carbocycles. The molecule has 1 aliphatic carbocycles. The Morgan fingerprint density at radius 2 is 2.08 bits per heavy atom. The third kappa shape index (κ3) is 4.39. The van der Waals surface area contributed by atoms with Gasteiger partial charge in [0.15, 0.2) is 6.54 Å². The van der Waals surface area contributed by atoms with E-state index in [1.807, 2.05) is 19.2 Å². The lowest BCUT2D eigenvalue weighted by molar-refractivity contribution is -0.885. The van der Waals surface area contributed by atoms with E-state index in [9.17, 15) is 9.18 Å². The van der Waals surface area contributed by atoms with Crippen LogP contribution in [-0.4, -0.2) is 19.5 Å². The molecule has 25 heavy (non-hydrogen) atoms. The summed E-state index contributed by atoms with van der Waals surface area (Å²) < 4.78 is 13.9. The van der Waals surface area contributed by atoms with Crippen molar-refractivity contribution in [2.24, 2.45) is 0 Å². The van der Waals surface area contributed by atoms with Gasteiger partial charge < -0.3 is 10.2 Å². The number of aryl methyl sites for hydroxylation is 1. The van der Waals surface area contributed by atoms with Crippen molar-refractivity contribution in [1.29, 1.82) is 0 Å². The van der Waals surface area contributed by atoms with Crippen LogP contribution in [0.1, 0.15) is 35.6 Å². The van der Waals surface area contributed by atoms with Crippen molar-refractivity contribution in [3.63, 3.8) is 0 Å². The molecule has 0 spiro atoms. The first-order valence-corrected chi connectivity index (χ1v) is 9.03. The number of amides is 1. The number of rotatable bonds is 5. The highest BCUT2D eigenvalue weighted by atomic mass is 35.5. The SMILES string of the molecule is C[NH+](CC(=O)N[C@H]1CCCc2ccccc21)Cc1c(F)cccc1Cl. The summed E-state index contributed by atoms with van der Waals surface area (Å²) in [5, 5.41) is 3.54. The maximum absolute atomic E-state index is 13.9. The average molecular weight is 362 g/mol. The van der Waals surface area contributed by atoms with Crippen LogP contribution in [0.3, 0.4) is 0 Å². The van der Waals surface area contributed by atoms with Gasteiger partial charge in [-0.3, -0.25) is 4.79 Å². The summed E-state index contributed by atoms with van der Waals surface area (Å²) in [5.74, 6) is -0.347. The number of quaternary nitrogens is 1. The Bertz CT molecular complexity index is 745. The number of hydrogen-bond acceptors (Lipinski definition) is 1. The highest BCUT2D eigenvalue weighted by Gasteiger charge is 2.23. The van der Waals surface area contributed by atoms with Gasteiger partial charge in [0.25, 0.3) is 5.91 Å². The van der Waals surface area contributed by atoms with E-state index in [1.165, 1.54) is 17.2 Å². The van der Waals surface area contributed by atoms with Crippen LogP contribution >= 0.6 is 11.6 Å². The summed E-state index contributed by atoms with van der Waals surface area (Å²) in [6.45, 7) is 0.656. The summed E-state index contributed by atoms with van der Waals surface area (Å²) in [7, 11) is 1.87. The quantitative estimate of drug-likeness (QED) is 0.843. The molecule has 0 radical (unpaired) electrons. The van der Waals surface area contributed by atoms with Gasteiger partial charge in [-0.2, -0.15) is 0 Å². The molecular formula is C20H23ClFN2O+. The van der Waals surface area contributed by atoms with Crippen molar-refractivity contribution in [2.75, 3.05) is 13.6 Å². The fourth-order valence-corrected chi connectivity index (χ4v) is 3.72. The van der Waals surface area contributed by atoms with Crippen LogP contribution in [0.4, 0.5) is 4.39 Å². The summed E-state index contributed by atoms with van der Waals surface area (Å²) in [6, 6.07) is 13.0. The Hall–Kier alpha value is -1.91. The lowest BCUT2D eigenvalue weighted by Crippen LogP contribution is -3.09. The Morgan fingerprint density at radius 3 is 2.88 bits per heavy atom. The number of fused-ring (bicyclic) bond motifs is 1. The maximum atomic E-state index is 13.9. The van der Waals surface area contributed by atoms with E-state index in [0.29, 0.717) is 17.1 Å². The number of carbonyl (C=O) groups excluding carboxylic acids is 1. The number of nitrogens with one attached hydrogen (secondary N) is 2. The number of halogens is 2. The number of benzene rings is 2.